The minimum absolute atomic E-state index is 0. The van der Waals surface area contributed by atoms with Crippen molar-refractivity contribution in [2.75, 3.05) is 33.2 Å². The Balaban J connectivity index is 0.00000264. The second kappa shape index (κ2) is 12.3. The highest BCUT2D eigenvalue weighted by Crippen LogP contribution is 2.27. The van der Waals surface area contributed by atoms with Crippen molar-refractivity contribution in [2.45, 2.75) is 64.3 Å². The van der Waals surface area contributed by atoms with Crippen molar-refractivity contribution in [3.8, 4) is 0 Å². The highest BCUT2D eigenvalue weighted by molar-refractivity contribution is 5.85. The van der Waals surface area contributed by atoms with E-state index in [1.54, 1.807) is 0 Å². The van der Waals surface area contributed by atoms with Crippen molar-refractivity contribution in [1.82, 2.24) is 9.80 Å². The summed E-state index contributed by atoms with van der Waals surface area (Å²) in [6, 6.07) is 0.243. The molecule has 1 heterocycles. The standard InChI is InChI=1S/C18H35N3O.2ClH/c1-3-4-10-20(2)14-15-8-11-21(12-9-15)18(22)16-6-5-7-17(19)13-16;;/h15-17H,3-14,19H2,1-2H3;2*1H. The Morgan fingerprint density at radius 2 is 1.83 bits per heavy atom. The van der Waals surface area contributed by atoms with Gasteiger partial charge in [-0.2, -0.15) is 0 Å². The van der Waals surface area contributed by atoms with Crippen LogP contribution in [0.25, 0.3) is 0 Å². The molecule has 1 saturated carbocycles. The normalized spacial score (nSPS) is 25.1. The van der Waals surface area contributed by atoms with Crippen molar-refractivity contribution in [3.63, 3.8) is 0 Å². The van der Waals surface area contributed by atoms with E-state index < -0.39 is 0 Å². The summed E-state index contributed by atoms with van der Waals surface area (Å²) >= 11 is 0. The van der Waals surface area contributed by atoms with E-state index in [0.29, 0.717) is 5.91 Å². The van der Waals surface area contributed by atoms with Gasteiger partial charge in [0.05, 0.1) is 0 Å². The molecule has 0 aromatic heterocycles. The monoisotopic (exact) mass is 381 g/mol. The van der Waals surface area contributed by atoms with Gasteiger partial charge in [-0.3, -0.25) is 4.79 Å². The molecule has 0 aromatic rings. The fourth-order valence-electron chi connectivity index (χ4n) is 4.01. The quantitative estimate of drug-likeness (QED) is 0.767. The minimum atomic E-state index is 0. The number of carbonyl (C=O) groups excluding carboxylic acids is 1. The SMILES string of the molecule is CCCCN(C)CC1CCN(C(=O)C2CCCC(N)C2)CC1.Cl.Cl. The van der Waals surface area contributed by atoms with Crippen LogP contribution >= 0.6 is 24.8 Å². The first-order valence-corrected chi connectivity index (χ1v) is 9.33. The molecule has 6 heteroatoms. The van der Waals surface area contributed by atoms with Gasteiger partial charge < -0.3 is 15.5 Å². The van der Waals surface area contributed by atoms with Crippen LogP contribution in [0, 0.1) is 11.8 Å². The summed E-state index contributed by atoms with van der Waals surface area (Å²) in [5.74, 6) is 1.35. The van der Waals surface area contributed by atoms with Crippen molar-refractivity contribution in [2.24, 2.45) is 17.6 Å². The van der Waals surface area contributed by atoms with Gasteiger partial charge in [0.2, 0.25) is 5.91 Å². The number of unbranched alkanes of at least 4 members (excludes halogenated alkanes) is 1. The summed E-state index contributed by atoms with van der Waals surface area (Å²) in [6.07, 6.45) is 9.05. The Morgan fingerprint density at radius 1 is 1.17 bits per heavy atom. The molecule has 0 spiro atoms. The van der Waals surface area contributed by atoms with Crippen LogP contribution in [0.4, 0.5) is 0 Å². The average Bonchev–Trinajstić information content (AvgIpc) is 2.53. The molecular weight excluding hydrogens is 345 g/mol. The maximum atomic E-state index is 12.6. The maximum Gasteiger partial charge on any atom is 0.225 e. The van der Waals surface area contributed by atoms with E-state index in [-0.39, 0.29) is 36.8 Å². The summed E-state index contributed by atoms with van der Waals surface area (Å²) in [7, 11) is 2.23. The third-order valence-electron chi connectivity index (χ3n) is 5.45. The Labute approximate surface area is 160 Å². The van der Waals surface area contributed by atoms with E-state index in [1.807, 2.05) is 0 Å². The number of amides is 1. The summed E-state index contributed by atoms with van der Waals surface area (Å²) in [5.41, 5.74) is 6.03. The molecule has 2 aliphatic rings. The third kappa shape index (κ3) is 7.47. The van der Waals surface area contributed by atoms with Crippen molar-refractivity contribution >= 4 is 30.7 Å². The lowest BCUT2D eigenvalue weighted by molar-refractivity contribution is -0.138. The number of hydrogen-bond acceptors (Lipinski definition) is 3. The molecule has 24 heavy (non-hydrogen) atoms. The maximum absolute atomic E-state index is 12.6. The highest BCUT2D eigenvalue weighted by Gasteiger charge is 2.31. The number of nitrogens with zero attached hydrogens (tertiary/aromatic N) is 2. The molecule has 2 N–H and O–H groups in total. The van der Waals surface area contributed by atoms with Crippen LogP contribution in [0.3, 0.4) is 0 Å². The largest absolute Gasteiger partial charge is 0.342 e. The zero-order valence-electron chi connectivity index (χ0n) is 15.4. The predicted octanol–water partition coefficient (Wildman–Crippen LogP) is 3.32. The van der Waals surface area contributed by atoms with Gasteiger partial charge in [-0.05, 0) is 58.0 Å². The molecule has 1 aliphatic carbocycles. The Kier molecular flexibility index (Phi) is 12.3. The molecule has 0 radical (unpaired) electrons. The van der Waals surface area contributed by atoms with Crippen LogP contribution in [0.5, 0.6) is 0 Å². The molecule has 1 amide bonds. The molecule has 1 saturated heterocycles. The van der Waals surface area contributed by atoms with Crippen molar-refractivity contribution < 1.29 is 4.79 Å². The first kappa shape index (κ1) is 24.0. The lowest BCUT2D eigenvalue weighted by Crippen LogP contribution is -2.45. The molecule has 4 nitrogen and oxygen atoms in total. The van der Waals surface area contributed by atoms with Gasteiger partial charge in [0.15, 0.2) is 0 Å². The molecule has 2 rings (SSSR count). The van der Waals surface area contributed by atoms with Crippen LogP contribution < -0.4 is 5.73 Å². The molecule has 2 atom stereocenters. The second-order valence-electron chi connectivity index (χ2n) is 7.51. The molecule has 0 bridgehead atoms. The molecule has 1 aliphatic heterocycles. The first-order chi connectivity index (χ1) is 10.6. The molecule has 144 valence electrons. The summed E-state index contributed by atoms with van der Waals surface area (Å²) in [5, 5.41) is 0. The van der Waals surface area contributed by atoms with Gasteiger partial charge in [0.25, 0.3) is 0 Å². The van der Waals surface area contributed by atoms with E-state index in [0.717, 1.165) is 44.7 Å². The molecule has 2 fully saturated rings. The minimum Gasteiger partial charge on any atom is -0.342 e. The summed E-state index contributed by atoms with van der Waals surface area (Å²) in [4.78, 5) is 17.2. The fraction of sp³-hybridized carbons (Fsp3) is 0.944. The third-order valence-corrected chi connectivity index (χ3v) is 5.45. The number of carbonyl (C=O) groups is 1. The lowest BCUT2D eigenvalue weighted by Gasteiger charge is -2.37. The van der Waals surface area contributed by atoms with Crippen LogP contribution in [0.2, 0.25) is 0 Å². The molecular formula is C18H37Cl2N3O. The number of hydrogen-bond donors (Lipinski definition) is 1. The van der Waals surface area contributed by atoms with Crippen LogP contribution in [0.1, 0.15) is 58.3 Å². The van der Waals surface area contributed by atoms with E-state index >= 15 is 0 Å². The Morgan fingerprint density at radius 3 is 2.42 bits per heavy atom. The predicted molar refractivity (Wildman–Crippen MR) is 106 cm³/mol. The summed E-state index contributed by atoms with van der Waals surface area (Å²) in [6.45, 7) is 6.55. The van der Waals surface area contributed by atoms with Crippen molar-refractivity contribution in [1.29, 1.82) is 0 Å². The van der Waals surface area contributed by atoms with Gasteiger partial charge in [-0.1, -0.05) is 19.8 Å². The Bertz CT molecular complexity index is 349. The van der Waals surface area contributed by atoms with E-state index in [2.05, 4.69) is 23.8 Å². The number of halogens is 2. The number of nitrogens with two attached hydrogens (primary N) is 1. The van der Waals surface area contributed by atoms with E-state index in [9.17, 15) is 4.79 Å². The topological polar surface area (TPSA) is 49.6 Å². The molecule has 0 aromatic carbocycles. The second-order valence-corrected chi connectivity index (χ2v) is 7.51. The summed E-state index contributed by atoms with van der Waals surface area (Å²) < 4.78 is 0. The van der Waals surface area contributed by atoms with Gasteiger partial charge in [0.1, 0.15) is 0 Å². The van der Waals surface area contributed by atoms with Crippen LogP contribution in [-0.4, -0.2) is 55.0 Å². The lowest BCUT2D eigenvalue weighted by atomic mass is 9.84. The van der Waals surface area contributed by atoms with Gasteiger partial charge >= 0.3 is 0 Å². The average molecular weight is 382 g/mol. The van der Waals surface area contributed by atoms with E-state index in [4.69, 9.17) is 5.73 Å². The molecule has 2 unspecified atom stereocenters. The van der Waals surface area contributed by atoms with Gasteiger partial charge in [-0.15, -0.1) is 24.8 Å². The number of likely N-dealkylation sites (tertiary alicyclic amines) is 1. The highest BCUT2D eigenvalue weighted by atomic mass is 35.5. The fourth-order valence-corrected chi connectivity index (χ4v) is 4.01. The smallest absolute Gasteiger partial charge is 0.225 e. The van der Waals surface area contributed by atoms with Gasteiger partial charge in [0, 0.05) is 31.6 Å². The van der Waals surface area contributed by atoms with Crippen LogP contribution in [-0.2, 0) is 4.79 Å². The Hall–Kier alpha value is -0.0300. The first-order valence-electron chi connectivity index (χ1n) is 9.33. The number of rotatable bonds is 6. The zero-order chi connectivity index (χ0) is 15.9. The van der Waals surface area contributed by atoms with Gasteiger partial charge in [-0.25, -0.2) is 0 Å². The zero-order valence-corrected chi connectivity index (χ0v) is 17.0. The van der Waals surface area contributed by atoms with E-state index in [1.165, 1.54) is 38.8 Å². The van der Waals surface area contributed by atoms with Crippen molar-refractivity contribution in [3.05, 3.63) is 0 Å². The van der Waals surface area contributed by atoms with Crippen LogP contribution in [0.15, 0.2) is 0 Å². The number of piperidine rings is 1.